The molecule has 20 heavy (non-hydrogen) atoms. The van der Waals surface area contributed by atoms with Crippen molar-refractivity contribution >= 4 is 5.84 Å². The Morgan fingerprint density at radius 3 is 2.80 bits per heavy atom. The first-order valence-electron chi connectivity index (χ1n) is 6.60. The Kier molecular flexibility index (Phi) is 4.46. The van der Waals surface area contributed by atoms with Crippen molar-refractivity contribution < 1.29 is 15.1 Å². The standard InChI is InChI=1S/C14H21N3O3/c1-20-12-3-2-10(13(15)17-19)6-11(12)7-16-8-14(9-18)4-5-14/h2-3,6,16,18-19H,4-5,7-9H2,1H3,(H2,15,17). The molecule has 0 amide bonds. The normalized spacial score (nSPS) is 17.0. The van der Waals surface area contributed by atoms with Crippen LogP contribution in [0.4, 0.5) is 0 Å². The SMILES string of the molecule is COc1ccc(/C(N)=N/O)cc1CNCC1(CO)CC1. The summed E-state index contributed by atoms with van der Waals surface area (Å²) in [5, 5.41) is 24.3. The molecule has 0 saturated heterocycles. The molecule has 1 aliphatic carbocycles. The van der Waals surface area contributed by atoms with Crippen molar-refractivity contribution in [2.45, 2.75) is 19.4 Å². The van der Waals surface area contributed by atoms with Crippen LogP contribution in [0.5, 0.6) is 5.75 Å². The van der Waals surface area contributed by atoms with E-state index in [1.165, 1.54) is 0 Å². The lowest BCUT2D eigenvalue weighted by molar-refractivity contribution is 0.207. The molecule has 0 atom stereocenters. The van der Waals surface area contributed by atoms with Gasteiger partial charge in [0.1, 0.15) is 5.75 Å². The first-order valence-corrected chi connectivity index (χ1v) is 6.60. The van der Waals surface area contributed by atoms with Crippen LogP contribution >= 0.6 is 0 Å². The molecule has 0 spiro atoms. The molecule has 0 unspecified atom stereocenters. The number of methoxy groups -OCH3 is 1. The third-order valence-electron chi connectivity index (χ3n) is 3.79. The zero-order valence-corrected chi connectivity index (χ0v) is 11.6. The van der Waals surface area contributed by atoms with E-state index in [2.05, 4.69) is 10.5 Å². The number of aliphatic hydroxyl groups excluding tert-OH is 1. The van der Waals surface area contributed by atoms with Crippen molar-refractivity contribution in [3.63, 3.8) is 0 Å². The fraction of sp³-hybridized carbons (Fsp3) is 0.500. The predicted molar refractivity (Wildman–Crippen MR) is 76.0 cm³/mol. The molecule has 6 nitrogen and oxygen atoms in total. The fourth-order valence-electron chi connectivity index (χ4n) is 2.16. The second kappa shape index (κ2) is 6.11. The van der Waals surface area contributed by atoms with Crippen LogP contribution in [0.2, 0.25) is 0 Å². The minimum absolute atomic E-state index is 0.0659. The molecule has 5 N–H and O–H groups in total. The molecule has 0 bridgehead atoms. The van der Waals surface area contributed by atoms with Crippen LogP contribution in [0.15, 0.2) is 23.4 Å². The van der Waals surface area contributed by atoms with Gasteiger partial charge in [0.25, 0.3) is 0 Å². The van der Waals surface area contributed by atoms with Gasteiger partial charge in [0.2, 0.25) is 0 Å². The molecule has 0 aromatic heterocycles. The summed E-state index contributed by atoms with van der Waals surface area (Å²) in [6, 6.07) is 5.37. The summed E-state index contributed by atoms with van der Waals surface area (Å²) >= 11 is 0. The summed E-state index contributed by atoms with van der Waals surface area (Å²) in [7, 11) is 1.61. The van der Waals surface area contributed by atoms with E-state index in [1.807, 2.05) is 6.07 Å². The summed E-state index contributed by atoms with van der Waals surface area (Å²) in [6.45, 7) is 1.61. The van der Waals surface area contributed by atoms with Crippen LogP contribution in [0.25, 0.3) is 0 Å². The number of amidine groups is 1. The van der Waals surface area contributed by atoms with Gasteiger partial charge in [0.05, 0.1) is 7.11 Å². The van der Waals surface area contributed by atoms with E-state index in [1.54, 1.807) is 19.2 Å². The smallest absolute Gasteiger partial charge is 0.170 e. The molecule has 110 valence electrons. The van der Waals surface area contributed by atoms with Gasteiger partial charge in [-0.1, -0.05) is 5.16 Å². The van der Waals surface area contributed by atoms with E-state index in [0.29, 0.717) is 12.1 Å². The molecule has 0 heterocycles. The number of nitrogens with one attached hydrogen (secondary N) is 1. The van der Waals surface area contributed by atoms with E-state index >= 15 is 0 Å². The van der Waals surface area contributed by atoms with Crippen molar-refractivity contribution in [2.75, 3.05) is 20.3 Å². The maximum absolute atomic E-state index is 9.28. The second-order valence-corrected chi connectivity index (χ2v) is 5.27. The van der Waals surface area contributed by atoms with Gasteiger partial charge in [0, 0.05) is 36.2 Å². The van der Waals surface area contributed by atoms with E-state index in [4.69, 9.17) is 15.7 Å². The summed E-state index contributed by atoms with van der Waals surface area (Å²) in [5.41, 5.74) is 7.24. The number of ether oxygens (including phenoxy) is 1. The molecule has 6 heteroatoms. The van der Waals surface area contributed by atoms with Gasteiger partial charge in [-0.25, -0.2) is 0 Å². The molecular formula is C14H21N3O3. The maximum atomic E-state index is 9.28. The molecule has 1 saturated carbocycles. The van der Waals surface area contributed by atoms with E-state index < -0.39 is 0 Å². The number of hydrogen-bond donors (Lipinski definition) is 4. The fourth-order valence-corrected chi connectivity index (χ4v) is 2.16. The van der Waals surface area contributed by atoms with Crippen LogP contribution in [0.1, 0.15) is 24.0 Å². The van der Waals surface area contributed by atoms with Crippen LogP contribution in [-0.4, -0.2) is 36.4 Å². The van der Waals surface area contributed by atoms with Gasteiger partial charge in [0.15, 0.2) is 5.84 Å². The predicted octanol–water partition coefficient (Wildman–Crippen LogP) is 0.652. The highest BCUT2D eigenvalue weighted by Gasteiger charge is 2.41. The van der Waals surface area contributed by atoms with Gasteiger partial charge < -0.3 is 26.1 Å². The molecule has 1 aromatic rings. The van der Waals surface area contributed by atoms with Crippen LogP contribution < -0.4 is 15.8 Å². The number of benzene rings is 1. The Labute approximate surface area is 118 Å². The van der Waals surface area contributed by atoms with E-state index in [9.17, 15) is 5.11 Å². The first-order chi connectivity index (χ1) is 9.64. The number of oxime groups is 1. The topological polar surface area (TPSA) is 100 Å². The Hall–Kier alpha value is -1.79. The maximum Gasteiger partial charge on any atom is 0.170 e. The average molecular weight is 279 g/mol. The summed E-state index contributed by atoms with van der Waals surface area (Å²) < 4.78 is 5.31. The lowest BCUT2D eigenvalue weighted by Gasteiger charge is -2.15. The van der Waals surface area contributed by atoms with Crippen molar-refractivity contribution in [3.8, 4) is 5.75 Å². The Balaban J connectivity index is 2.04. The van der Waals surface area contributed by atoms with Crippen LogP contribution in [-0.2, 0) is 6.54 Å². The molecule has 0 aliphatic heterocycles. The van der Waals surface area contributed by atoms with Gasteiger partial charge in [-0.2, -0.15) is 0 Å². The second-order valence-electron chi connectivity index (χ2n) is 5.27. The number of nitrogens with zero attached hydrogens (tertiary/aromatic N) is 1. The van der Waals surface area contributed by atoms with E-state index in [-0.39, 0.29) is 17.9 Å². The Morgan fingerprint density at radius 1 is 1.50 bits per heavy atom. The molecule has 2 rings (SSSR count). The highest BCUT2D eigenvalue weighted by molar-refractivity contribution is 5.97. The minimum Gasteiger partial charge on any atom is -0.496 e. The Morgan fingerprint density at radius 2 is 2.25 bits per heavy atom. The van der Waals surface area contributed by atoms with Crippen molar-refractivity contribution in [2.24, 2.45) is 16.3 Å². The zero-order chi connectivity index (χ0) is 14.6. The number of hydrogen-bond acceptors (Lipinski definition) is 5. The van der Waals surface area contributed by atoms with Gasteiger partial charge >= 0.3 is 0 Å². The quantitative estimate of drug-likeness (QED) is 0.254. The van der Waals surface area contributed by atoms with Crippen molar-refractivity contribution in [1.82, 2.24) is 5.32 Å². The van der Waals surface area contributed by atoms with Gasteiger partial charge in [-0.3, -0.25) is 0 Å². The number of nitrogens with two attached hydrogens (primary N) is 1. The number of aliphatic hydroxyl groups is 1. The van der Waals surface area contributed by atoms with Crippen LogP contribution in [0, 0.1) is 5.41 Å². The first kappa shape index (κ1) is 14.6. The molecule has 1 aromatic carbocycles. The lowest BCUT2D eigenvalue weighted by atomic mass is 10.1. The summed E-state index contributed by atoms with van der Waals surface area (Å²) in [6.07, 6.45) is 2.13. The average Bonchev–Trinajstić information content (AvgIpc) is 3.27. The minimum atomic E-state index is 0.0659. The van der Waals surface area contributed by atoms with Crippen LogP contribution in [0.3, 0.4) is 0 Å². The Bertz CT molecular complexity index is 498. The van der Waals surface area contributed by atoms with Gasteiger partial charge in [-0.15, -0.1) is 0 Å². The third kappa shape index (κ3) is 3.20. The number of rotatable bonds is 7. The largest absolute Gasteiger partial charge is 0.496 e. The molecular weight excluding hydrogens is 258 g/mol. The highest BCUT2D eigenvalue weighted by atomic mass is 16.5. The molecule has 0 radical (unpaired) electrons. The zero-order valence-electron chi connectivity index (χ0n) is 11.6. The summed E-state index contributed by atoms with van der Waals surface area (Å²) in [4.78, 5) is 0. The monoisotopic (exact) mass is 279 g/mol. The molecule has 1 aliphatic rings. The van der Waals surface area contributed by atoms with Crippen molar-refractivity contribution in [1.29, 1.82) is 0 Å². The van der Waals surface area contributed by atoms with E-state index in [0.717, 1.165) is 30.7 Å². The van der Waals surface area contributed by atoms with Crippen molar-refractivity contribution in [3.05, 3.63) is 29.3 Å². The molecule has 1 fully saturated rings. The lowest BCUT2D eigenvalue weighted by Crippen LogP contribution is -2.26. The highest BCUT2D eigenvalue weighted by Crippen LogP contribution is 2.44. The summed E-state index contributed by atoms with van der Waals surface area (Å²) in [5.74, 6) is 0.823. The van der Waals surface area contributed by atoms with Gasteiger partial charge in [-0.05, 0) is 31.0 Å². The third-order valence-corrected chi connectivity index (χ3v) is 3.79.